The van der Waals surface area contributed by atoms with Crippen molar-refractivity contribution in [2.75, 3.05) is 11.5 Å². The minimum Gasteiger partial charge on any atom is -0.452 e. The summed E-state index contributed by atoms with van der Waals surface area (Å²) in [7, 11) is 0. The van der Waals surface area contributed by atoms with Gasteiger partial charge in [-0.25, -0.2) is 9.48 Å². The van der Waals surface area contributed by atoms with Crippen LogP contribution >= 0.6 is 11.3 Å². The number of rotatable bonds is 6. The first-order chi connectivity index (χ1) is 16.6. The number of carbonyl (C=O) groups excluding carboxylic acids is 2. The topological polar surface area (TPSA) is 64.4 Å². The summed E-state index contributed by atoms with van der Waals surface area (Å²) in [4.78, 5) is 27.9. The van der Waals surface area contributed by atoms with Crippen molar-refractivity contribution in [2.45, 2.75) is 19.4 Å². The average molecular weight is 470 g/mol. The maximum absolute atomic E-state index is 12.8. The molecule has 0 radical (unpaired) electrons. The number of carbonyl (C=O) groups is 2. The number of amides is 1. The Kier molecular flexibility index (Phi) is 6.10. The Labute approximate surface area is 201 Å². The van der Waals surface area contributed by atoms with Crippen LogP contribution in [0.15, 0.2) is 84.4 Å². The molecule has 0 fully saturated rings. The van der Waals surface area contributed by atoms with Gasteiger partial charge in [0, 0.05) is 29.6 Å². The first-order valence-electron chi connectivity index (χ1n) is 11.0. The van der Waals surface area contributed by atoms with E-state index >= 15 is 0 Å². The predicted octanol–water partition coefficient (Wildman–Crippen LogP) is 5.14. The number of thiophene rings is 1. The lowest BCUT2D eigenvalue weighted by atomic mass is 10.1. The maximum atomic E-state index is 12.8. The second-order valence-electron chi connectivity index (χ2n) is 8.08. The fraction of sp³-hybridized carbons (Fsp3) is 0.148. The summed E-state index contributed by atoms with van der Waals surface area (Å²) in [5.74, 6) is -0.798. The van der Waals surface area contributed by atoms with Crippen molar-refractivity contribution >= 4 is 35.0 Å². The zero-order valence-electron chi connectivity index (χ0n) is 18.6. The molecular weight excluding hydrogens is 446 g/mol. The van der Waals surface area contributed by atoms with Gasteiger partial charge < -0.3 is 9.64 Å². The van der Waals surface area contributed by atoms with Crippen molar-refractivity contribution < 1.29 is 14.3 Å². The Hall–Kier alpha value is -3.97. The van der Waals surface area contributed by atoms with E-state index in [1.807, 2.05) is 85.2 Å². The Bertz CT molecular complexity index is 1340. The third kappa shape index (κ3) is 4.43. The van der Waals surface area contributed by atoms with E-state index in [2.05, 4.69) is 0 Å². The van der Waals surface area contributed by atoms with E-state index in [1.165, 1.54) is 6.08 Å². The Morgan fingerprint density at radius 1 is 1.09 bits per heavy atom. The molecular formula is C27H23N3O3S. The van der Waals surface area contributed by atoms with Crippen molar-refractivity contribution in [1.29, 1.82) is 0 Å². The van der Waals surface area contributed by atoms with Crippen LogP contribution in [0.1, 0.15) is 18.1 Å². The highest BCUT2D eigenvalue weighted by atomic mass is 32.1. The highest BCUT2D eigenvalue weighted by Crippen LogP contribution is 2.32. The van der Waals surface area contributed by atoms with Crippen LogP contribution in [0.3, 0.4) is 0 Å². The Morgan fingerprint density at radius 3 is 2.68 bits per heavy atom. The molecule has 170 valence electrons. The molecule has 0 bridgehead atoms. The van der Waals surface area contributed by atoms with Crippen LogP contribution in [0.4, 0.5) is 5.69 Å². The minimum atomic E-state index is -0.571. The molecule has 1 unspecified atom stereocenters. The lowest BCUT2D eigenvalue weighted by Crippen LogP contribution is -2.38. The van der Waals surface area contributed by atoms with Crippen LogP contribution in [-0.4, -0.2) is 34.3 Å². The van der Waals surface area contributed by atoms with Gasteiger partial charge >= 0.3 is 5.97 Å². The number of para-hydroxylation sites is 2. The normalized spacial score (nSPS) is 15.0. The van der Waals surface area contributed by atoms with Crippen LogP contribution in [0.25, 0.3) is 22.3 Å². The number of fused-ring (bicyclic) bond motifs is 1. The summed E-state index contributed by atoms with van der Waals surface area (Å²) >= 11 is 1.58. The molecule has 0 saturated carbocycles. The summed E-state index contributed by atoms with van der Waals surface area (Å²) in [5.41, 5.74) is 4.51. The van der Waals surface area contributed by atoms with E-state index < -0.39 is 5.97 Å². The van der Waals surface area contributed by atoms with Gasteiger partial charge in [0.05, 0.1) is 10.6 Å². The number of hydrogen-bond donors (Lipinski definition) is 0. The fourth-order valence-electron chi connectivity index (χ4n) is 4.18. The van der Waals surface area contributed by atoms with Crippen LogP contribution in [0.5, 0.6) is 0 Å². The van der Waals surface area contributed by atoms with E-state index in [-0.39, 0.29) is 18.6 Å². The molecule has 1 aliphatic heterocycles. The molecule has 0 aliphatic carbocycles. The number of aromatic nitrogens is 2. The quantitative estimate of drug-likeness (QED) is 0.290. The lowest BCUT2D eigenvalue weighted by molar-refractivity contribution is -0.143. The second kappa shape index (κ2) is 9.49. The first kappa shape index (κ1) is 21.9. The summed E-state index contributed by atoms with van der Waals surface area (Å²) in [6.45, 7) is 1.69. The zero-order chi connectivity index (χ0) is 23.5. The van der Waals surface area contributed by atoms with E-state index in [4.69, 9.17) is 9.84 Å². The number of hydrogen-bond acceptors (Lipinski definition) is 5. The smallest absolute Gasteiger partial charge is 0.331 e. The lowest BCUT2D eigenvalue weighted by Gasteiger charge is -2.22. The van der Waals surface area contributed by atoms with Gasteiger partial charge in [0.15, 0.2) is 6.61 Å². The van der Waals surface area contributed by atoms with Gasteiger partial charge in [-0.1, -0.05) is 42.5 Å². The Morgan fingerprint density at radius 2 is 1.88 bits per heavy atom. The molecule has 5 rings (SSSR count). The molecule has 7 heteroatoms. The van der Waals surface area contributed by atoms with Gasteiger partial charge in [-0.05, 0) is 54.6 Å². The molecule has 2 aromatic heterocycles. The van der Waals surface area contributed by atoms with Crippen LogP contribution in [0.2, 0.25) is 0 Å². The monoisotopic (exact) mass is 469 g/mol. The van der Waals surface area contributed by atoms with Gasteiger partial charge in [-0.2, -0.15) is 5.10 Å². The molecule has 0 saturated heterocycles. The van der Waals surface area contributed by atoms with Gasteiger partial charge in [-0.3, -0.25) is 4.79 Å². The molecule has 0 spiro atoms. The molecule has 34 heavy (non-hydrogen) atoms. The number of anilines is 1. The largest absolute Gasteiger partial charge is 0.452 e. The number of esters is 1. The average Bonchev–Trinajstić information content (AvgIpc) is 3.59. The zero-order valence-corrected chi connectivity index (χ0v) is 19.4. The molecule has 0 N–H and O–H groups in total. The molecule has 2 aromatic carbocycles. The molecule has 3 heterocycles. The molecule has 4 aromatic rings. The third-order valence-electron chi connectivity index (χ3n) is 5.73. The summed E-state index contributed by atoms with van der Waals surface area (Å²) in [6.07, 6.45) is 5.70. The van der Waals surface area contributed by atoms with Crippen molar-refractivity contribution in [2.24, 2.45) is 0 Å². The van der Waals surface area contributed by atoms with Crippen molar-refractivity contribution in [3.8, 4) is 16.3 Å². The minimum absolute atomic E-state index is 0.0383. The van der Waals surface area contributed by atoms with E-state index in [1.54, 1.807) is 27.0 Å². The standard InChI is InChI=1S/C27H23N3O3S/c1-19-16-20-8-5-6-11-23(20)30(19)25(31)18-33-26(32)14-13-21-17-29(22-9-3-2-4-10-22)28-27(21)24-12-7-15-34-24/h2-15,17,19H,16,18H2,1H3. The van der Waals surface area contributed by atoms with Crippen molar-refractivity contribution in [1.82, 2.24) is 9.78 Å². The predicted molar refractivity (Wildman–Crippen MR) is 134 cm³/mol. The van der Waals surface area contributed by atoms with Crippen molar-refractivity contribution in [3.05, 3.63) is 95.5 Å². The molecule has 6 nitrogen and oxygen atoms in total. The van der Waals surface area contributed by atoms with Gasteiger partial charge in [-0.15, -0.1) is 11.3 Å². The summed E-state index contributed by atoms with van der Waals surface area (Å²) < 4.78 is 7.07. The van der Waals surface area contributed by atoms with Crippen LogP contribution in [0, 0.1) is 0 Å². The maximum Gasteiger partial charge on any atom is 0.331 e. The molecule has 1 amide bonds. The highest BCUT2D eigenvalue weighted by molar-refractivity contribution is 7.13. The summed E-state index contributed by atoms with van der Waals surface area (Å²) in [5, 5.41) is 6.71. The SMILES string of the molecule is CC1Cc2ccccc2N1C(=O)COC(=O)C=Cc1cn(-c2ccccc2)nc1-c1cccs1. The number of ether oxygens (including phenoxy) is 1. The fourth-order valence-corrected chi connectivity index (χ4v) is 4.91. The van der Waals surface area contributed by atoms with E-state index in [9.17, 15) is 9.59 Å². The van der Waals surface area contributed by atoms with Gasteiger partial charge in [0.2, 0.25) is 0 Å². The van der Waals surface area contributed by atoms with Crippen LogP contribution in [-0.2, 0) is 20.7 Å². The molecule has 1 atom stereocenters. The first-order valence-corrected chi connectivity index (χ1v) is 11.9. The Balaban J connectivity index is 1.29. The second-order valence-corrected chi connectivity index (χ2v) is 9.02. The van der Waals surface area contributed by atoms with Crippen molar-refractivity contribution in [3.63, 3.8) is 0 Å². The third-order valence-corrected chi connectivity index (χ3v) is 6.61. The molecule has 1 aliphatic rings. The number of benzene rings is 2. The van der Waals surface area contributed by atoms with E-state index in [0.717, 1.165) is 39.5 Å². The number of nitrogens with zero attached hydrogens (tertiary/aromatic N) is 3. The highest BCUT2D eigenvalue weighted by Gasteiger charge is 2.30. The van der Waals surface area contributed by atoms with Gasteiger partial charge in [0.25, 0.3) is 5.91 Å². The van der Waals surface area contributed by atoms with Gasteiger partial charge in [0.1, 0.15) is 5.69 Å². The summed E-state index contributed by atoms with van der Waals surface area (Å²) in [6, 6.07) is 21.6. The van der Waals surface area contributed by atoms with E-state index in [0.29, 0.717) is 0 Å². The van der Waals surface area contributed by atoms with Crippen LogP contribution < -0.4 is 4.90 Å².